The Bertz CT molecular complexity index is 1490. The number of H-pyrrole nitrogens is 1. The number of pyridine rings is 1. The van der Waals surface area contributed by atoms with Crippen LogP contribution in [-0.2, 0) is 22.4 Å². The molecule has 0 aliphatic carbocycles. The van der Waals surface area contributed by atoms with Crippen LogP contribution in [0.2, 0.25) is 0 Å². The molecule has 0 saturated carbocycles. The van der Waals surface area contributed by atoms with Crippen molar-refractivity contribution < 1.29 is 9.59 Å². The van der Waals surface area contributed by atoms with Crippen molar-refractivity contribution in [3.05, 3.63) is 106 Å². The molecule has 0 unspecified atom stereocenters. The number of ketones is 1. The molecule has 2 aliphatic rings. The Kier molecular flexibility index (Phi) is 6.67. The van der Waals surface area contributed by atoms with Gasteiger partial charge in [0.05, 0.1) is 0 Å². The van der Waals surface area contributed by atoms with Crippen molar-refractivity contribution in [2.75, 3.05) is 10.6 Å². The first kappa shape index (κ1) is 23.5. The molecule has 0 radical (unpaired) electrons. The number of aryl methyl sites for hydroxylation is 3. The van der Waals surface area contributed by atoms with Gasteiger partial charge in [0.2, 0.25) is 5.91 Å². The minimum atomic E-state index is -0.546. The molecular weight excluding hydrogens is 450 g/mol. The molecule has 1 amide bonds. The number of fused-ring (bicyclic) bond motifs is 10. The molecule has 2 aliphatic heterocycles. The van der Waals surface area contributed by atoms with Crippen LogP contribution >= 0.6 is 0 Å². The van der Waals surface area contributed by atoms with Crippen LogP contribution in [0.3, 0.4) is 0 Å². The molecule has 3 N–H and O–H groups in total. The lowest BCUT2D eigenvalue weighted by atomic mass is 9.94. The molecule has 182 valence electrons. The number of Topliss-reactive ketones (excluding diaryl/α,β-unsaturated/α-hetero) is 1. The molecule has 1 atom stereocenters. The number of aromatic amines is 1. The molecule has 6 rings (SSSR count). The number of amides is 1. The van der Waals surface area contributed by atoms with E-state index in [1.807, 2.05) is 67.6 Å². The number of anilines is 2. The largest absolute Gasteiger partial charge is 0.372 e. The first-order chi connectivity index (χ1) is 17.5. The normalized spacial score (nSPS) is 16.6. The molecule has 0 spiro atoms. The Hall–Kier alpha value is -4.19. The van der Waals surface area contributed by atoms with Crippen LogP contribution in [0.5, 0.6) is 0 Å². The van der Waals surface area contributed by atoms with Crippen LogP contribution in [0.15, 0.2) is 77.7 Å². The second-order valence-electron chi connectivity index (χ2n) is 9.44. The number of aromatic nitrogens is 1. The number of nitrogens with one attached hydrogen (secondary N) is 3. The summed E-state index contributed by atoms with van der Waals surface area (Å²) in [6.45, 7) is 2.02. The van der Waals surface area contributed by atoms with E-state index in [1.54, 1.807) is 12.3 Å². The molecule has 1 aromatic heterocycles. The summed E-state index contributed by atoms with van der Waals surface area (Å²) < 4.78 is 0. The fraction of sp³-hybridized carbons (Fsp3) is 0.233. The van der Waals surface area contributed by atoms with Gasteiger partial charge in [-0.2, -0.15) is 0 Å². The predicted molar refractivity (Wildman–Crippen MR) is 143 cm³/mol. The Labute approximate surface area is 209 Å². The number of carbonyl (C=O) groups excluding carboxylic acids is 2. The van der Waals surface area contributed by atoms with Crippen molar-refractivity contribution in [3.63, 3.8) is 0 Å². The minimum Gasteiger partial charge on any atom is -0.372 e. The summed E-state index contributed by atoms with van der Waals surface area (Å²) in [5, 5.41) is 7.81. The molecule has 4 bridgehead atoms. The molecule has 3 aromatic carbocycles. The lowest BCUT2D eigenvalue weighted by Gasteiger charge is -2.21. The van der Waals surface area contributed by atoms with Crippen LogP contribution in [0.25, 0.3) is 10.8 Å². The van der Waals surface area contributed by atoms with E-state index in [-0.39, 0.29) is 17.2 Å². The van der Waals surface area contributed by atoms with Gasteiger partial charge in [0.25, 0.3) is 5.56 Å². The predicted octanol–water partition coefficient (Wildman–Crippen LogP) is 5.47. The van der Waals surface area contributed by atoms with Gasteiger partial charge in [-0.1, -0.05) is 36.4 Å². The third-order valence-electron chi connectivity index (χ3n) is 6.86. The summed E-state index contributed by atoms with van der Waals surface area (Å²) in [5.41, 5.74) is 5.45. The Morgan fingerprint density at radius 1 is 0.833 bits per heavy atom. The van der Waals surface area contributed by atoms with Crippen molar-refractivity contribution in [3.8, 4) is 0 Å². The number of benzene rings is 3. The summed E-state index contributed by atoms with van der Waals surface area (Å²) in [5.74, 6) is 0.0637. The van der Waals surface area contributed by atoms with Gasteiger partial charge in [0, 0.05) is 35.8 Å². The number of hydrogen-bond donors (Lipinski definition) is 3. The molecule has 4 aromatic rings. The van der Waals surface area contributed by atoms with Crippen molar-refractivity contribution in [2.45, 2.75) is 45.1 Å². The van der Waals surface area contributed by atoms with Gasteiger partial charge in [0.15, 0.2) is 5.78 Å². The maximum Gasteiger partial charge on any atom is 0.255 e. The highest BCUT2D eigenvalue weighted by molar-refractivity contribution is 5.91. The molecule has 36 heavy (non-hydrogen) atoms. The number of carbonyl (C=O) groups is 2. The van der Waals surface area contributed by atoms with Gasteiger partial charge in [-0.25, -0.2) is 0 Å². The Morgan fingerprint density at radius 2 is 1.67 bits per heavy atom. The van der Waals surface area contributed by atoms with E-state index in [0.717, 1.165) is 51.9 Å². The van der Waals surface area contributed by atoms with Crippen LogP contribution in [-0.4, -0.2) is 16.7 Å². The summed E-state index contributed by atoms with van der Waals surface area (Å²) in [6.07, 6.45) is 4.53. The van der Waals surface area contributed by atoms with Gasteiger partial charge in [-0.05, 0) is 84.2 Å². The third kappa shape index (κ3) is 5.23. The van der Waals surface area contributed by atoms with E-state index in [2.05, 4.69) is 15.6 Å². The van der Waals surface area contributed by atoms with Crippen LogP contribution in [0.4, 0.5) is 11.4 Å². The maximum absolute atomic E-state index is 13.6. The zero-order chi connectivity index (χ0) is 25.1. The fourth-order valence-corrected chi connectivity index (χ4v) is 4.76. The third-order valence-corrected chi connectivity index (χ3v) is 6.86. The van der Waals surface area contributed by atoms with Gasteiger partial charge in [-0.15, -0.1) is 0 Å². The van der Waals surface area contributed by atoms with Crippen molar-refractivity contribution in [2.24, 2.45) is 0 Å². The van der Waals surface area contributed by atoms with Gasteiger partial charge in [-0.3, -0.25) is 14.4 Å². The van der Waals surface area contributed by atoms with Crippen molar-refractivity contribution in [1.29, 1.82) is 0 Å². The van der Waals surface area contributed by atoms with Crippen LogP contribution < -0.4 is 16.2 Å². The lowest BCUT2D eigenvalue weighted by molar-refractivity contribution is -0.120. The molecule has 6 heteroatoms. The van der Waals surface area contributed by atoms with Crippen LogP contribution in [0.1, 0.15) is 47.6 Å². The summed E-state index contributed by atoms with van der Waals surface area (Å²) >= 11 is 0. The van der Waals surface area contributed by atoms with Gasteiger partial charge >= 0.3 is 0 Å². The molecule has 6 nitrogen and oxygen atoms in total. The highest BCUT2D eigenvalue weighted by Gasteiger charge is 2.21. The van der Waals surface area contributed by atoms with E-state index in [1.165, 1.54) is 0 Å². The van der Waals surface area contributed by atoms with Crippen molar-refractivity contribution >= 4 is 33.8 Å². The van der Waals surface area contributed by atoms with E-state index < -0.39 is 6.04 Å². The second-order valence-corrected chi connectivity index (χ2v) is 9.44. The summed E-state index contributed by atoms with van der Waals surface area (Å²) in [6, 6.07) is 20.8. The monoisotopic (exact) mass is 479 g/mol. The Morgan fingerprint density at radius 3 is 2.50 bits per heavy atom. The topological polar surface area (TPSA) is 91.1 Å². The Balaban J connectivity index is 1.48. The van der Waals surface area contributed by atoms with Crippen molar-refractivity contribution in [1.82, 2.24) is 4.98 Å². The summed E-state index contributed by atoms with van der Waals surface area (Å²) in [4.78, 5) is 41.0. The smallest absolute Gasteiger partial charge is 0.255 e. The first-order valence-corrected chi connectivity index (χ1v) is 12.4. The highest BCUT2D eigenvalue weighted by Crippen LogP contribution is 2.26. The molecular formula is C30H29N3O3. The zero-order valence-corrected chi connectivity index (χ0v) is 20.3. The summed E-state index contributed by atoms with van der Waals surface area (Å²) in [7, 11) is 0. The average Bonchev–Trinajstić information content (AvgIpc) is 2.88. The van der Waals surface area contributed by atoms with E-state index in [0.29, 0.717) is 24.6 Å². The average molecular weight is 480 g/mol. The van der Waals surface area contributed by atoms with Gasteiger partial charge in [0.1, 0.15) is 6.04 Å². The maximum atomic E-state index is 13.6. The lowest BCUT2D eigenvalue weighted by Crippen LogP contribution is -2.22. The fourth-order valence-electron chi connectivity index (χ4n) is 4.76. The van der Waals surface area contributed by atoms with Gasteiger partial charge < -0.3 is 15.6 Å². The highest BCUT2D eigenvalue weighted by atomic mass is 16.1. The minimum absolute atomic E-state index is 0.00285. The SMILES string of the molecule is Cc1ccc2cc1CCC(=O)[C@H](Nc1ccc3cc[nH]c(=O)c3c1)c1ccc(cc1)CCCC(=O)N2. The zero-order valence-electron chi connectivity index (χ0n) is 20.3. The molecule has 0 saturated heterocycles. The van der Waals surface area contributed by atoms with E-state index in [4.69, 9.17) is 0 Å². The molecule has 3 heterocycles. The van der Waals surface area contributed by atoms with Crippen LogP contribution in [0, 0.1) is 6.92 Å². The first-order valence-electron chi connectivity index (χ1n) is 12.4. The quantitative estimate of drug-likeness (QED) is 0.356. The number of rotatable bonds is 2. The second kappa shape index (κ2) is 10.2. The van der Waals surface area contributed by atoms with E-state index in [9.17, 15) is 14.4 Å². The molecule has 0 fully saturated rings. The number of hydrogen-bond acceptors (Lipinski definition) is 4. The standard InChI is InChI=1S/C30H29N3O3/c1-19-5-12-24-17-23(19)11-14-27(34)29(22-8-6-20(7-9-22)3-2-4-28(35)32-24)33-25-13-10-21-15-16-31-30(36)26(21)18-25/h5-10,12-13,15-18,29,33H,2-4,11,14H2,1H3,(H,31,36)(H,32,35)/t29-/m1/s1. The van der Waals surface area contributed by atoms with E-state index >= 15 is 0 Å².